The minimum atomic E-state index is -1.95. The van der Waals surface area contributed by atoms with E-state index in [1.54, 1.807) is 0 Å². The summed E-state index contributed by atoms with van der Waals surface area (Å²) in [5.41, 5.74) is 0. The third-order valence-electron chi connectivity index (χ3n) is 2.73. The van der Waals surface area contributed by atoms with Crippen LogP contribution in [-0.2, 0) is 28.6 Å². The van der Waals surface area contributed by atoms with E-state index in [9.17, 15) is 14.4 Å². The van der Waals surface area contributed by atoms with Gasteiger partial charge >= 0.3 is 120 Å². The van der Waals surface area contributed by atoms with Gasteiger partial charge in [-0.05, 0) is 0 Å². The fourth-order valence-electron chi connectivity index (χ4n) is 1.52. The molecule has 0 N–H and O–H groups in total. The Morgan fingerprint density at radius 2 is 0.950 bits per heavy atom. The van der Waals surface area contributed by atoms with Crippen LogP contribution in [0.2, 0.25) is 13.3 Å². The van der Waals surface area contributed by atoms with Gasteiger partial charge in [0.15, 0.2) is 0 Å². The Morgan fingerprint density at radius 1 is 0.700 bits per heavy atom. The van der Waals surface area contributed by atoms with Crippen LogP contribution in [0.1, 0.15) is 19.3 Å². The molecule has 0 atom stereocenters. The fraction of sp³-hybridized carbons (Fsp3) is 0.750. The van der Waals surface area contributed by atoms with Crippen molar-refractivity contribution < 1.29 is 28.6 Å². The van der Waals surface area contributed by atoms with Crippen LogP contribution in [0.15, 0.2) is 0 Å². The Hall–Kier alpha value is -0.311. The fourth-order valence-corrected chi connectivity index (χ4v) is 8.43. The Morgan fingerprint density at radius 3 is 1.15 bits per heavy atom. The van der Waals surface area contributed by atoms with Crippen molar-refractivity contribution in [3.8, 4) is 0 Å². The van der Waals surface area contributed by atoms with Crippen LogP contribution >= 0.6 is 17.0 Å². The van der Waals surface area contributed by atoms with Gasteiger partial charge in [0.05, 0.1) is 0 Å². The third-order valence-corrected chi connectivity index (χ3v) is 10.9. The molecule has 0 saturated heterocycles. The summed E-state index contributed by atoms with van der Waals surface area (Å²) >= 11 is -1.95. The van der Waals surface area contributed by atoms with E-state index in [0.717, 1.165) is 13.3 Å². The topological polar surface area (TPSA) is 78.9 Å². The molecular weight excluding hydrogens is 439 g/mol. The molecule has 0 aliphatic rings. The van der Waals surface area contributed by atoms with Crippen molar-refractivity contribution in [2.24, 2.45) is 0 Å². The molecular formula is C12H22BrO6Sn. The van der Waals surface area contributed by atoms with E-state index in [-0.39, 0.29) is 34.9 Å². The quantitative estimate of drug-likeness (QED) is 0.296. The van der Waals surface area contributed by atoms with Gasteiger partial charge in [0.2, 0.25) is 0 Å². The van der Waals surface area contributed by atoms with Gasteiger partial charge in [-0.3, -0.25) is 0 Å². The first-order valence-corrected chi connectivity index (χ1v) is 12.1. The molecule has 0 bridgehead atoms. The average Bonchev–Trinajstić information content (AvgIpc) is 2.44. The number of ether oxygens (including phenoxy) is 3. The number of hydrogen-bond acceptors (Lipinski definition) is 6. The molecule has 0 fully saturated rings. The Labute approximate surface area is 137 Å². The minimum absolute atomic E-state index is 0. The summed E-state index contributed by atoms with van der Waals surface area (Å²) in [5.74, 6) is -0.724. The van der Waals surface area contributed by atoms with Gasteiger partial charge in [-0.2, -0.15) is 0 Å². The van der Waals surface area contributed by atoms with Crippen LogP contribution < -0.4 is 0 Å². The molecule has 0 rings (SSSR count). The normalized spacial score (nSPS) is 9.60. The zero-order valence-electron chi connectivity index (χ0n) is 12.1. The SMILES string of the molecule is Br.COC(=O)C[CH2][Sn]([CH2]CC(=O)OC)[CH2]CC(=O)OC. The summed E-state index contributed by atoms with van der Waals surface area (Å²) in [6, 6.07) is 0. The van der Waals surface area contributed by atoms with Gasteiger partial charge in [0.25, 0.3) is 0 Å². The van der Waals surface area contributed by atoms with E-state index in [4.69, 9.17) is 0 Å². The van der Waals surface area contributed by atoms with Crippen LogP contribution in [0.4, 0.5) is 0 Å². The summed E-state index contributed by atoms with van der Waals surface area (Å²) in [4.78, 5) is 33.4. The van der Waals surface area contributed by atoms with E-state index < -0.39 is 19.8 Å². The summed E-state index contributed by atoms with van der Waals surface area (Å²) in [7, 11) is 4.07. The Kier molecular flexibility index (Phi) is 15.0. The van der Waals surface area contributed by atoms with Crippen LogP contribution in [0.3, 0.4) is 0 Å². The summed E-state index contributed by atoms with van der Waals surface area (Å²) in [6.45, 7) is 0. The summed E-state index contributed by atoms with van der Waals surface area (Å²) < 4.78 is 16.2. The Balaban J connectivity index is 0. The molecule has 0 amide bonds. The number of carbonyl (C=O) groups excluding carboxylic acids is 3. The first kappa shape index (κ1) is 22.0. The Bertz CT molecular complexity index is 263. The van der Waals surface area contributed by atoms with Gasteiger partial charge in [-0.25, -0.2) is 0 Å². The first-order chi connectivity index (χ1) is 9.03. The van der Waals surface area contributed by atoms with Crippen LogP contribution in [0, 0.1) is 0 Å². The molecule has 8 heteroatoms. The predicted molar refractivity (Wildman–Crippen MR) is 80.4 cm³/mol. The van der Waals surface area contributed by atoms with Crippen molar-refractivity contribution in [1.82, 2.24) is 0 Å². The molecule has 20 heavy (non-hydrogen) atoms. The molecule has 0 heterocycles. The molecule has 0 aromatic carbocycles. The van der Waals surface area contributed by atoms with E-state index >= 15 is 0 Å². The first-order valence-electron chi connectivity index (χ1n) is 6.07. The molecule has 117 valence electrons. The second-order valence-electron chi connectivity index (χ2n) is 3.98. The standard InChI is InChI=1S/3C4H7O2.BrH.Sn/c3*1-3-4(5)6-2;;/h3*1,3H2,2H3;1H;. The molecule has 0 aromatic heterocycles. The van der Waals surface area contributed by atoms with Gasteiger partial charge in [-0.15, -0.1) is 17.0 Å². The second-order valence-corrected chi connectivity index (χ2v) is 12.5. The van der Waals surface area contributed by atoms with Gasteiger partial charge < -0.3 is 0 Å². The number of carbonyl (C=O) groups is 3. The number of esters is 3. The number of methoxy groups -OCH3 is 3. The summed E-state index contributed by atoms with van der Waals surface area (Å²) in [5, 5.41) is 0. The van der Waals surface area contributed by atoms with Crippen molar-refractivity contribution >= 4 is 54.6 Å². The molecule has 6 nitrogen and oxygen atoms in total. The molecule has 0 spiro atoms. The number of rotatable bonds is 9. The zero-order chi connectivity index (χ0) is 14.7. The number of hydrogen-bond donors (Lipinski definition) is 0. The van der Waals surface area contributed by atoms with E-state index in [1.165, 1.54) is 21.3 Å². The van der Waals surface area contributed by atoms with Crippen LogP contribution in [0.5, 0.6) is 0 Å². The maximum absolute atomic E-state index is 11.1. The monoisotopic (exact) mass is 461 g/mol. The van der Waals surface area contributed by atoms with Crippen LogP contribution in [0.25, 0.3) is 0 Å². The van der Waals surface area contributed by atoms with Crippen molar-refractivity contribution in [2.45, 2.75) is 32.6 Å². The van der Waals surface area contributed by atoms with Crippen molar-refractivity contribution in [2.75, 3.05) is 21.3 Å². The van der Waals surface area contributed by atoms with Gasteiger partial charge in [-0.1, -0.05) is 0 Å². The maximum atomic E-state index is 11.1. The third kappa shape index (κ3) is 11.5. The number of halogens is 1. The van der Waals surface area contributed by atoms with E-state index in [0.29, 0.717) is 19.3 Å². The molecule has 0 aliphatic heterocycles. The molecule has 0 saturated carbocycles. The van der Waals surface area contributed by atoms with Crippen molar-refractivity contribution in [1.29, 1.82) is 0 Å². The van der Waals surface area contributed by atoms with Gasteiger partial charge in [0.1, 0.15) is 0 Å². The second kappa shape index (κ2) is 13.7. The van der Waals surface area contributed by atoms with Gasteiger partial charge in [0, 0.05) is 0 Å². The van der Waals surface area contributed by atoms with E-state index in [2.05, 4.69) is 14.2 Å². The molecule has 0 unspecified atom stereocenters. The van der Waals surface area contributed by atoms with Crippen LogP contribution in [-0.4, -0.2) is 59.0 Å². The van der Waals surface area contributed by atoms with Crippen molar-refractivity contribution in [3.63, 3.8) is 0 Å². The van der Waals surface area contributed by atoms with E-state index in [1.807, 2.05) is 0 Å². The molecule has 0 aromatic rings. The summed E-state index contributed by atoms with van der Waals surface area (Å²) in [6.07, 6.45) is 1.11. The zero-order valence-corrected chi connectivity index (χ0v) is 16.7. The molecule has 1 radical (unpaired) electrons. The van der Waals surface area contributed by atoms with Crippen molar-refractivity contribution in [3.05, 3.63) is 0 Å². The average molecular weight is 461 g/mol. The predicted octanol–water partition coefficient (Wildman–Crippen LogP) is 1.75. The molecule has 0 aliphatic carbocycles.